The fraction of sp³-hybridized carbons (Fsp3) is 0.133. The number of rotatable bonds is 3. The Hall–Kier alpha value is -2.69. The van der Waals surface area contributed by atoms with Crippen molar-refractivity contribution >= 4 is 17.2 Å². The number of esters is 1. The van der Waals surface area contributed by atoms with Crippen molar-refractivity contribution < 1.29 is 13.9 Å². The zero-order valence-electron chi connectivity index (χ0n) is 10.9. The summed E-state index contributed by atoms with van der Waals surface area (Å²) < 4.78 is 10.6. The molecular weight excluding hydrogens is 256 g/mol. The number of aromatic nitrogens is 2. The van der Waals surface area contributed by atoms with Gasteiger partial charge in [-0.2, -0.15) is 0 Å². The van der Waals surface area contributed by atoms with E-state index in [0.29, 0.717) is 22.7 Å². The van der Waals surface area contributed by atoms with E-state index in [9.17, 15) is 4.79 Å². The number of oxazole rings is 1. The zero-order chi connectivity index (χ0) is 13.9. The number of hydrogen-bond acceptors (Lipinski definition) is 5. The Morgan fingerprint density at radius 3 is 2.85 bits per heavy atom. The number of hydrogen-bond donors (Lipinski definition) is 0. The normalized spacial score (nSPS) is 10.7. The lowest BCUT2D eigenvalue weighted by Gasteiger charge is -2.04. The Labute approximate surface area is 115 Å². The fourth-order valence-corrected chi connectivity index (χ4v) is 1.90. The van der Waals surface area contributed by atoms with Crippen molar-refractivity contribution in [3.8, 4) is 0 Å². The predicted molar refractivity (Wildman–Crippen MR) is 72.1 cm³/mol. The Bertz CT molecular complexity index is 750. The largest absolute Gasteiger partial charge is 0.457 e. The number of carbonyl (C=O) groups excluding carboxylic acids is 1. The maximum Gasteiger partial charge on any atom is 0.340 e. The molecule has 100 valence electrons. The molecule has 0 fully saturated rings. The minimum absolute atomic E-state index is 0.223. The predicted octanol–water partition coefficient (Wildman–Crippen LogP) is 2.89. The zero-order valence-corrected chi connectivity index (χ0v) is 10.9. The molecule has 20 heavy (non-hydrogen) atoms. The summed E-state index contributed by atoms with van der Waals surface area (Å²) in [6, 6.07) is 11.1. The van der Waals surface area contributed by atoms with Gasteiger partial charge in [-0.05, 0) is 11.6 Å². The number of aryl methyl sites for hydroxylation is 1. The third-order valence-electron chi connectivity index (χ3n) is 2.84. The molecule has 0 N–H and O–H groups in total. The molecule has 0 saturated carbocycles. The average Bonchev–Trinajstić information content (AvgIpc) is 2.85. The van der Waals surface area contributed by atoms with Gasteiger partial charge in [0.2, 0.25) is 5.71 Å². The Balaban J connectivity index is 1.82. The molecule has 2 heterocycles. The molecule has 0 aliphatic heterocycles. The van der Waals surface area contributed by atoms with Crippen LogP contribution < -0.4 is 0 Å². The molecule has 3 aromatic rings. The van der Waals surface area contributed by atoms with E-state index in [-0.39, 0.29) is 6.61 Å². The molecule has 3 rings (SSSR count). The van der Waals surface area contributed by atoms with Gasteiger partial charge in [-0.15, -0.1) is 0 Å². The summed E-state index contributed by atoms with van der Waals surface area (Å²) in [5, 5.41) is 0. The van der Waals surface area contributed by atoms with Gasteiger partial charge in [0.05, 0.1) is 5.56 Å². The van der Waals surface area contributed by atoms with Gasteiger partial charge < -0.3 is 9.15 Å². The molecular formula is C15H12N2O3. The van der Waals surface area contributed by atoms with E-state index < -0.39 is 5.97 Å². The molecule has 5 heteroatoms. The highest BCUT2D eigenvalue weighted by Gasteiger charge is 2.16. The van der Waals surface area contributed by atoms with E-state index in [2.05, 4.69) is 9.97 Å². The number of ether oxygens (including phenoxy) is 1. The van der Waals surface area contributed by atoms with Crippen molar-refractivity contribution in [1.82, 2.24) is 9.97 Å². The van der Waals surface area contributed by atoms with E-state index >= 15 is 0 Å². The van der Waals surface area contributed by atoms with E-state index in [1.807, 2.05) is 30.3 Å². The quantitative estimate of drug-likeness (QED) is 0.683. The van der Waals surface area contributed by atoms with Crippen molar-refractivity contribution in [2.45, 2.75) is 13.5 Å². The number of pyridine rings is 1. The fourth-order valence-electron chi connectivity index (χ4n) is 1.90. The van der Waals surface area contributed by atoms with Gasteiger partial charge in [-0.1, -0.05) is 30.3 Å². The van der Waals surface area contributed by atoms with Gasteiger partial charge in [0.25, 0.3) is 0 Å². The summed E-state index contributed by atoms with van der Waals surface area (Å²) in [5.74, 6) is 0.0327. The van der Waals surface area contributed by atoms with Crippen LogP contribution in [0.3, 0.4) is 0 Å². The second kappa shape index (κ2) is 5.13. The molecule has 0 amide bonds. The second-order valence-corrected chi connectivity index (χ2v) is 4.31. The maximum absolute atomic E-state index is 12.1. The van der Waals surface area contributed by atoms with Crippen molar-refractivity contribution in [2.75, 3.05) is 0 Å². The highest BCUT2D eigenvalue weighted by atomic mass is 16.5. The third-order valence-corrected chi connectivity index (χ3v) is 2.84. The first-order chi connectivity index (χ1) is 9.74. The minimum Gasteiger partial charge on any atom is -0.457 e. The molecule has 2 aromatic heterocycles. The summed E-state index contributed by atoms with van der Waals surface area (Å²) in [4.78, 5) is 20.3. The highest BCUT2D eigenvalue weighted by molar-refractivity contribution is 6.00. The Morgan fingerprint density at radius 1 is 1.25 bits per heavy atom. The first-order valence-electron chi connectivity index (χ1n) is 6.17. The molecule has 0 aliphatic carbocycles. The van der Waals surface area contributed by atoms with Crippen LogP contribution >= 0.6 is 0 Å². The van der Waals surface area contributed by atoms with Crippen LogP contribution in [-0.4, -0.2) is 15.9 Å². The lowest BCUT2D eigenvalue weighted by atomic mass is 10.2. The lowest BCUT2D eigenvalue weighted by Crippen LogP contribution is -2.06. The van der Waals surface area contributed by atoms with Gasteiger partial charge in [0.15, 0.2) is 5.89 Å². The van der Waals surface area contributed by atoms with E-state index in [1.165, 1.54) is 6.20 Å². The summed E-state index contributed by atoms with van der Waals surface area (Å²) in [5.41, 5.74) is 2.07. The highest BCUT2D eigenvalue weighted by Crippen LogP contribution is 2.18. The van der Waals surface area contributed by atoms with Crippen molar-refractivity contribution in [3.05, 3.63) is 59.6 Å². The van der Waals surface area contributed by atoms with Crippen LogP contribution in [-0.2, 0) is 11.3 Å². The van der Waals surface area contributed by atoms with Crippen LogP contribution in [0.1, 0.15) is 21.8 Å². The van der Waals surface area contributed by atoms with Gasteiger partial charge in [-0.25, -0.2) is 14.8 Å². The lowest BCUT2D eigenvalue weighted by molar-refractivity contribution is 0.0474. The monoisotopic (exact) mass is 268 g/mol. The van der Waals surface area contributed by atoms with E-state index in [0.717, 1.165) is 5.56 Å². The van der Waals surface area contributed by atoms with E-state index in [4.69, 9.17) is 9.15 Å². The van der Waals surface area contributed by atoms with Gasteiger partial charge in [0, 0.05) is 13.1 Å². The number of nitrogens with zero attached hydrogens (tertiary/aromatic N) is 2. The molecule has 0 saturated heterocycles. The van der Waals surface area contributed by atoms with Gasteiger partial charge >= 0.3 is 5.97 Å². The smallest absolute Gasteiger partial charge is 0.340 e. The van der Waals surface area contributed by atoms with Gasteiger partial charge in [0.1, 0.15) is 12.1 Å². The minimum atomic E-state index is -0.436. The molecule has 0 radical (unpaired) electrons. The molecule has 1 aromatic carbocycles. The van der Waals surface area contributed by atoms with Crippen molar-refractivity contribution in [2.24, 2.45) is 0 Å². The maximum atomic E-state index is 12.1. The number of benzene rings is 1. The molecule has 0 spiro atoms. The molecule has 0 aliphatic rings. The number of carbonyl (C=O) groups is 1. The van der Waals surface area contributed by atoms with Crippen LogP contribution in [0.2, 0.25) is 0 Å². The van der Waals surface area contributed by atoms with Crippen molar-refractivity contribution in [1.29, 1.82) is 0 Å². The Kier molecular flexibility index (Phi) is 3.16. The van der Waals surface area contributed by atoms with Crippen LogP contribution in [0, 0.1) is 6.92 Å². The summed E-state index contributed by atoms with van der Waals surface area (Å²) in [6.45, 7) is 1.93. The standard InChI is InChI=1S/C15H12N2O3/c1-10-17-13-12(7-8-16-14(13)20-10)15(18)19-9-11-5-3-2-4-6-11/h2-8H,9H2,1H3. The van der Waals surface area contributed by atoms with Crippen LogP contribution in [0.4, 0.5) is 0 Å². The van der Waals surface area contributed by atoms with E-state index in [1.54, 1.807) is 13.0 Å². The molecule has 0 atom stereocenters. The van der Waals surface area contributed by atoms with Crippen LogP contribution in [0.25, 0.3) is 11.2 Å². The molecule has 5 nitrogen and oxygen atoms in total. The van der Waals surface area contributed by atoms with Crippen molar-refractivity contribution in [3.63, 3.8) is 0 Å². The SMILES string of the molecule is Cc1nc2c(C(=O)OCc3ccccc3)ccnc2o1. The first-order valence-corrected chi connectivity index (χ1v) is 6.17. The summed E-state index contributed by atoms with van der Waals surface area (Å²) in [7, 11) is 0. The summed E-state index contributed by atoms with van der Waals surface area (Å²) >= 11 is 0. The van der Waals surface area contributed by atoms with Gasteiger partial charge in [-0.3, -0.25) is 0 Å². The number of fused-ring (bicyclic) bond motifs is 1. The first kappa shape index (κ1) is 12.3. The average molecular weight is 268 g/mol. The topological polar surface area (TPSA) is 65.2 Å². The van der Waals surface area contributed by atoms with Crippen LogP contribution in [0.5, 0.6) is 0 Å². The molecule has 0 bridgehead atoms. The van der Waals surface area contributed by atoms with Crippen LogP contribution in [0.15, 0.2) is 47.0 Å². The third kappa shape index (κ3) is 2.38. The molecule has 0 unspecified atom stereocenters. The Morgan fingerprint density at radius 2 is 2.05 bits per heavy atom. The summed E-state index contributed by atoms with van der Waals surface area (Å²) in [6.07, 6.45) is 1.51. The second-order valence-electron chi connectivity index (χ2n) is 4.31.